The number of benzene rings is 2. The van der Waals surface area contributed by atoms with E-state index in [0.29, 0.717) is 28.0 Å². The summed E-state index contributed by atoms with van der Waals surface area (Å²) in [5.74, 6) is 0.661. The van der Waals surface area contributed by atoms with Gasteiger partial charge in [-0.1, -0.05) is 53.3 Å². The maximum atomic E-state index is 13.7. The Bertz CT molecular complexity index is 1600. The standard InChI is InChI=1S/C26H23ClN6O2S/c1-3-35-26-30-14-21(36-26)18-13-29-25(28)32-23(18)31-15(2)20-12-16-8-7-11-19(27)22(16)24(34)33(20)17-9-5-4-6-10-17/h4-15H,3H2,1-2H3,(H3,28,29,31,32)/t15-/m0/s1. The minimum atomic E-state index is -0.339. The highest BCUT2D eigenvalue weighted by molar-refractivity contribution is 7.16. The predicted molar refractivity (Wildman–Crippen MR) is 145 cm³/mol. The molecule has 2 aromatic carbocycles. The van der Waals surface area contributed by atoms with Crippen molar-refractivity contribution in [2.45, 2.75) is 19.9 Å². The molecule has 1 atom stereocenters. The first-order chi connectivity index (χ1) is 17.5. The SMILES string of the molecule is CCOc1ncc(-c2cnc(N)nc2N[C@@H](C)c2cc3cccc(Cl)c3c(=O)n2-c2ccccc2)s1. The summed E-state index contributed by atoms with van der Waals surface area (Å²) in [5, 5.41) is 5.64. The van der Waals surface area contributed by atoms with Gasteiger partial charge in [0.2, 0.25) is 5.95 Å². The normalized spacial score (nSPS) is 12.0. The molecule has 0 aliphatic heterocycles. The molecule has 3 aromatic heterocycles. The van der Waals surface area contributed by atoms with Crippen molar-refractivity contribution in [2.24, 2.45) is 0 Å². The lowest BCUT2D eigenvalue weighted by atomic mass is 10.1. The molecule has 0 saturated heterocycles. The minimum Gasteiger partial charge on any atom is -0.470 e. The van der Waals surface area contributed by atoms with Crippen molar-refractivity contribution in [3.8, 4) is 21.3 Å². The van der Waals surface area contributed by atoms with Gasteiger partial charge in [0.15, 0.2) is 0 Å². The van der Waals surface area contributed by atoms with Crippen molar-refractivity contribution in [2.75, 3.05) is 17.7 Å². The second kappa shape index (κ2) is 9.96. The molecule has 10 heteroatoms. The number of pyridine rings is 1. The van der Waals surface area contributed by atoms with Gasteiger partial charge in [-0.2, -0.15) is 4.98 Å². The Morgan fingerprint density at radius 1 is 1.14 bits per heavy atom. The summed E-state index contributed by atoms with van der Waals surface area (Å²) in [6, 6.07) is 16.5. The van der Waals surface area contributed by atoms with E-state index in [1.165, 1.54) is 11.3 Å². The van der Waals surface area contributed by atoms with E-state index in [2.05, 4.69) is 20.3 Å². The first-order valence-corrected chi connectivity index (χ1v) is 12.5. The van der Waals surface area contributed by atoms with Crippen molar-refractivity contribution >= 4 is 45.5 Å². The zero-order chi connectivity index (χ0) is 25.2. The monoisotopic (exact) mass is 518 g/mol. The summed E-state index contributed by atoms with van der Waals surface area (Å²) in [6.45, 7) is 4.40. The predicted octanol–water partition coefficient (Wildman–Crippen LogP) is 5.71. The van der Waals surface area contributed by atoms with E-state index in [1.54, 1.807) is 23.0 Å². The number of halogens is 1. The number of hydrogen-bond donors (Lipinski definition) is 2. The Morgan fingerprint density at radius 3 is 2.72 bits per heavy atom. The van der Waals surface area contributed by atoms with Gasteiger partial charge in [0, 0.05) is 23.8 Å². The molecule has 0 amide bonds. The van der Waals surface area contributed by atoms with Gasteiger partial charge >= 0.3 is 0 Å². The lowest BCUT2D eigenvalue weighted by Crippen LogP contribution is -2.26. The molecule has 0 spiro atoms. The number of nitrogens with two attached hydrogens (primary N) is 1. The maximum Gasteiger partial charge on any atom is 0.273 e. The van der Waals surface area contributed by atoms with Crippen LogP contribution < -0.4 is 21.3 Å². The van der Waals surface area contributed by atoms with Crippen LogP contribution in [0, 0.1) is 0 Å². The topological polar surface area (TPSA) is 108 Å². The van der Waals surface area contributed by atoms with Crippen LogP contribution in [-0.4, -0.2) is 26.1 Å². The number of ether oxygens (including phenoxy) is 1. The average molecular weight is 519 g/mol. The molecule has 3 N–H and O–H groups in total. The quantitative estimate of drug-likeness (QED) is 0.284. The Balaban J connectivity index is 1.63. The number of fused-ring (bicyclic) bond motifs is 1. The number of aromatic nitrogens is 4. The van der Waals surface area contributed by atoms with E-state index in [1.807, 2.05) is 62.4 Å². The van der Waals surface area contributed by atoms with Gasteiger partial charge in [-0.15, -0.1) is 0 Å². The molecule has 8 nitrogen and oxygen atoms in total. The second-order valence-corrected chi connectivity index (χ2v) is 9.43. The smallest absolute Gasteiger partial charge is 0.273 e. The van der Waals surface area contributed by atoms with E-state index >= 15 is 0 Å². The number of anilines is 2. The summed E-state index contributed by atoms with van der Waals surface area (Å²) in [5.41, 5.74) is 7.95. The average Bonchev–Trinajstić information content (AvgIpc) is 3.33. The van der Waals surface area contributed by atoms with E-state index in [-0.39, 0.29) is 17.5 Å². The number of para-hydroxylation sites is 1. The molecule has 0 fully saturated rings. The largest absolute Gasteiger partial charge is 0.470 e. The first-order valence-electron chi connectivity index (χ1n) is 11.3. The Labute approximate surface area is 216 Å². The van der Waals surface area contributed by atoms with Crippen molar-refractivity contribution in [1.29, 1.82) is 0 Å². The van der Waals surface area contributed by atoms with E-state index in [4.69, 9.17) is 22.1 Å². The summed E-state index contributed by atoms with van der Waals surface area (Å²) in [4.78, 5) is 27.5. The molecule has 5 rings (SSSR count). The van der Waals surface area contributed by atoms with Crippen molar-refractivity contribution in [1.82, 2.24) is 19.5 Å². The van der Waals surface area contributed by atoms with Gasteiger partial charge in [0.1, 0.15) is 5.82 Å². The highest BCUT2D eigenvalue weighted by Crippen LogP contribution is 2.36. The fraction of sp³-hybridized carbons (Fsp3) is 0.154. The molecule has 0 saturated carbocycles. The van der Waals surface area contributed by atoms with Crippen LogP contribution in [-0.2, 0) is 0 Å². The zero-order valence-corrected chi connectivity index (χ0v) is 21.2. The molecule has 0 radical (unpaired) electrons. The number of nitrogen functional groups attached to an aromatic ring is 1. The van der Waals surface area contributed by atoms with Crippen LogP contribution >= 0.6 is 22.9 Å². The van der Waals surface area contributed by atoms with Crippen LogP contribution in [0.1, 0.15) is 25.6 Å². The summed E-state index contributed by atoms with van der Waals surface area (Å²) in [7, 11) is 0. The molecule has 0 bridgehead atoms. The van der Waals surface area contributed by atoms with E-state index < -0.39 is 0 Å². The molecule has 5 aromatic rings. The summed E-state index contributed by atoms with van der Waals surface area (Å²) < 4.78 is 7.20. The third kappa shape index (κ3) is 4.50. The van der Waals surface area contributed by atoms with Crippen LogP contribution in [0.2, 0.25) is 5.02 Å². The van der Waals surface area contributed by atoms with Crippen molar-refractivity contribution in [3.05, 3.63) is 88.1 Å². The highest BCUT2D eigenvalue weighted by Gasteiger charge is 2.20. The van der Waals surface area contributed by atoms with Crippen LogP contribution in [0.3, 0.4) is 0 Å². The fourth-order valence-corrected chi connectivity index (χ4v) is 5.14. The number of hydrogen-bond acceptors (Lipinski definition) is 8. The molecule has 3 heterocycles. The molecule has 0 unspecified atom stereocenters. The second-order valence-electron chi connectivity index (χ2n) is 8.03. The van der Waals surface area contributed by atoms with Crippen LogP contribution in [0.15, 0.2) is 71.8 Å². The number of nitrogens with one attached hydrogen (secondary N) is 1. The first kappa shape index (κ1) is 23.8. The van der Waals surface area contributed by atoms with Gasteiger partial charge in [0.05, 0.1) is 33.5 Å². The summed E-state index contributed by atoms with van der Waals surface area (Å²) >= 11 is 7.83. The molecule has 36 heavy (non-hydrogen) atoms. The molecule has 0 aliphatic rings. The Hall–Kier alpha value is -3.95. The van der Waals surface area contributed by atoms with Gasteiger partial charge in [-0.25, -0.2) is 9.97 Å². The van der Waals surface area contributed by atoms with Gasteiger partial charge in [-0.3, -0.25) is 9.36 Å². The molecule has 0 aliphatic carbocycles. The van der Waals surface area contributed by atoms with Gasteiger partial charge in [0.25, 0.3) is 10.8 Å². The molecular weight excluding hydrogens is 496 g/mol. The van der Waals surface area contributed by atoms with Crippen LogP contribution in [0.5, 0.6) is 5.19 Å². The van der Waals surface area contributed by atoms with Crippen LogP contribution in [0.4, 0.5) is 11.8 Å². The van der Waals surface area contributed by atoms with Gasteiger partial charge in [-0.05, 0) is 43.5 Å². The molecular formula is C26H23ClN6O2S. The lowest BCUT2D eigenvalue weighted by Gasteiger charge is -2.22. The van der Waals surface area contributed by atoms with Crippen molar-refractivity contribution < 1.29 is 4.74 Å². The Morgan fingerprint density at radius 2 is 1.94 bits per heavy atom. The maximum absolute atomic E-state index is 13.7. The lowest BCUT2D eigenvalue weighted by molar-refractivity contribution is 0.338. The number of nitrogens with zero attached hydrogens (tertiary/aromatic N) is 4. The van der Waals surface area contributed by atoms with E-state index in [0.717, 1.165) is 27.2 Å². The minimum absolute atomic E-state index is 0.133. The third-order valence-electron chi connectivity index (χ3n) is 5.66. The zero-order valence-electron chi connectivity index (χ0n) is 19.6. The van der Waals surface area contributed by atoms with Gasteiger partial charge < -0.3 is 15.8 Å². The van der Waals surface area contributed by atoms with Crippen LogP contribution in [0.25, 0.3) is 26.9 Å². The highest BCUT2D eigenvalue weighted by atomic mass is 35.5. The van der Waals surface area contributed by atoms with Crippen molar-refractivity contribution in [3.63, 3.8) is 0 Å². The summed E-state index contributed by atoms with van der Waals surface area (Å²) in [6.07, 6.45) is 3.38. The Kier molecular flexibility index (Phi) is 6.58. The third-order valence-corrected chi connectivity index (χ3v) is 6.92. The fourth-order valence-electron chi connectivity index (χ4n) is 4.04. The number of rotatable bonds is 7. The molecule has 182 valence electrons. The number of thiazole rings is 1. The van der Waals surface area contributed by atoms with E-state index in [9.17, 15) is 4.79 Å².